The summed E-state index contributed by atoms with van der Waals surface area (Å²) >= 11 is 12.4. The van der Waals surface area contributed by atoms with Crippen molar-refractivity contribution in [2.45, 2.75) is 31.2 Å². The van der Waals surface area contributed by atoms with E-state index in [0.717, 1.165) is 65.8 Å². The summed E-state index contributed by atoms with van der Waals surface area (Å²) in [6.07, 6.45) is 2.00. The highest BCUT2D eigenvalue weighted by atomic mass is 35.5. The molecule has 2 N–H and O–H groups in total. The number of aromatic carboxylic acids is 1. The maximum Gasteiger partial charge on any atom is 0.335 e. The van der Waals surface area contributed by atoms with Gasteiger partial charge in [0.15, 0.2) is 0 Å². The van der Waals surface area contributed by atoms with E-state index in [-0.39, 0.29) is 5.92 Å². The van der Waals surface area contributed by atoms with Gasteiger partial charge in [0.2, 0.25) is 0 Å². The van der Waals surface area contributed by atoms with Crippen LogP contribution in [0.4, 0.5) is 0 Å². The number of carboxylic acid groups (broad SMARTS) is 1. The van der Waals surface area contributed by atoms with Crippen LogP contribution in [0, 0.1) is 0 Å². The predicted molar refractivity (Wildman–Crippen MR) is 161 cm³/mol. The quantitative estimate of drug-likeness (QED) is 0.194. The molecule has 0 radical (unpaired) electrons. The fraction of sp³-hybridized carbons (Fsp3) is 0.212. The number of H-pyrrole nitrogens is 1. The van der Waals surface area contributed by atoms with Crippen molar-refractivity contribution in [3.63, 3.8) is 0 Å². The topological polar surface area (TPSA) is 69.2 Å². The van der Waals surface area contributed by atoms with E-state index in [4.69, 9.17) is 28.3 Å². The van der Waals surface area contributed by atoms with E-state index in [1.165, 1.54) is 5.56 Å². The summed E-state index contributed by atoms with van der Waals surface area (Å²) in [4.78, 5) is 13.7. The maximum absolute atomic E-state index is 11.3. The summed E-state index contributed by atoms with van der Waals surface area (Å²) in [5, 5.41) is 20.0. The third-order valence-electron chi connectivity index (χ3n) is 7.91. The van der Waals surface area contributed by atoms with Gasteiger partial charge in [-0.25, -0.2) is 4.79 Å². The molecular formula is C33H29Cl2N3O2. The normalized spacial score (nSPS) is 14.7. The van der Waals surface area contributed by atoms with Gasteiger partial charge in [-0.15, -0.1) is 0 Å². The second-order valence-corrected chi connectivity index (χ2v) is 11.4. The molecule has 5 nitrogen and oxygen atoms in total. The SMILES string of the molecule is O=C(O)c1cccc(CN2CCC(c3n[nH]c4ccc(C(c5ccc(Cl)cc5)c5ccc(Cl)cc5)cc34)CC2)c1. The Kier molecular flexibility index (Phi) is 7.61. The number of carboxylic acids is 1. The molecule has 1 aliphatic rings. The number of hydrogen-bond donors (Lipinski definition) is 2. The van der Waals surface area contributed by atoms with Crippen LogP contribution in [-0.2, 0) is 6.54 Å². The average Bonchev–Trinajstić information content (AvgIpc) is 3.39. The Balaban J connectivity index is 1.25. The van der Waals surface area contributed by atoms with Gasteiger partial charge in [0.05, 0.1) is 16.8 Å². The third kappa shape index (κ3) is 5.64. The third-order valence-corrected chi connectivity index (χ3v) is 8.41. The smallest absolute Gasteiger partial charge is 0.335 e. The van der Waals surface area contributed by atoms with Gasteiger partial charge in [-0.2, -0.15) is 5.10 Å². The molecule has 40 heavy (non-hydrogen) atoms. The van der Waals surface area contributed by atoms with Crippen LogP contribution in [0.1, 0.15) is 63.0 Å². The van der Waals surface area contributed by atoms with Crippen molar-refractivity contribution in [2.75, 3.05) is 13.1 Å². The van der Waals surface area contributed by atoms with Crippen LogP contribution in [0.2, 0.25) is 10.0 Å². The second-order valence-electron chi connectivity index (χ2n) is 10.5. The predicted octanol–water partition coefficient (Wildman–Crippen LogP) is 8.13. The largest absolute Gasteiger partial charge is 0.478 e. The number of aromatic nitrogens is 2. The molecule has 0 atom stereocenters. The summed E-state index contributed by atoms with van der Waals surface area (Å²) in [7, 11) is 0. The molecule has 0 spiro atoms. The Hall–Kier alpha value is -3.64. The summed E-state index contributed by atoms with van der Waals surface area (Å²) in [6, 6.07) is 29.9. The van der Waals surface area contributed by atoms with Gasteiger partial charge in [0.1, 0.15) is 0 Å². The van der Waals surface area contributed by atoms with Crippen LogP contribution in [-0.4, -0.2) is 39.3 Å². The molecule has 0 unspecified atom stereocenters. The molecule has 4 aromatic carbocycles. The van der Waals surface area contributed by atoms with Crippen molar-refractivity contribution in [3.8, 4) is 0 Å². The van der Waals surface area contributed by atoms with Crippen molar-refractivity contribution in [3.05, 3.63) is 135 Å². The minimum Gasteiger partial charge on any atom is -0.478 e. The van der Waals surface area contributed by atoms with E-state index < -0.39 is 5.97 Å². The Labute approximate surface area is 243 Å². The van der Waals surface area contributed by atoms with Gasteiger partial charge in [-0.05, 0) is 96.7 Å². The van der Waals surface area contributed by atoms with Crippen LogP contribution >= 0.6 is 23.2 Å². The number of aromatic amines is 1. The number of halogens is 2. The van der Waals surface area contributed by atoms with E-state index in [9.17, 15) is 9.90 Å². The van der Waals surface area contributed by atoms with Crippen molar-refractivity contribution in [1.29, 1.82) is 0 Å². The number of fused-ring (bicyclic) bond motifs is 1. The van der Waals surface area contributed by atoms with E-state index in [1.54, 1.807) is 12.1 Å². The number of nitrogens with zero attached hydrogens (tertiary/aromatic N) is 2. The highest BCUT2D eigenvalue weighted by molar-refractivity contribution is 6.30. The molecule has 0 amide bonds. The lowest BCUT2D eigenvalue weighted by molar-refractivity contribution is 0.0696. The van der Waals surface area contributed by atoms with Gasteiger partial charge in [0, 0.05) is 33.8 Å². The zero-order chi connectivity index (χ0) is 27.6. The first-order chi connectivity index (χ1) is 19.4. The van der Waals surface area contributed by atoms with E-state index in [1.807, 2.05) is 36.4 Å². The number of benzene rings is 4. The molecule has 1 fully saturated rings. The molecule has 6 rings (SSSR count). The van der Waals surface area contributed by atoms with Crippen LogP contribution in [0.5, 0.6) is 0 Å². The van der Waals surface area contributed by atoms with Crippen molar-refractivity contribution >= 4 is 40.1 Å². The Morgan fingerprint density at radius 3 is 2.12 bits per heavy atom. The Morgan fingerprint density at radius 2 is 1.50 bits per heavy atom. The zero-order valence-corrected chi connectivity index (χ0v) is 23.4. The minimum absolute atomic E-state index is 0.0325. The number of likely N-dealkylation sites (tertiary alicyclic amines) is 1. The molecular weight excluding hydrogens is 541 g/mol. The standard InChI is InChI=1S/C33H29Cl2N3O2/c34-27-9-4-22(5-10-27)31(23-6-11-28(35)12-7-23)25-8-13-30-29(19-25)32(37-36-30)24-14-16-38(17-15-24)20-21-2-1-3-26(18-21)33(39)40/h1-13,18-19,24,31H,14-17,20H2,(H,36,37)(H,39,40). The lowest BCUT2D eigenvalue weighted by Crippen LogP contribution is -2.32. The molecule has 7 heteroatoms. The average molecular weight is 571 g/mol. The Bertz CT molecular complexity index is 1590. The summed E-state index contributed by atoms with van der Waals surface area (Å²) in [5.74, 6) is -0.500. The summed E-state index contributed by atoms with van der Waals surface area (Å²) in [5.41, 5.74) is 7.04. The van der Waals surface area contributed by atoms with Crippen molar-refractivity contribution in [2.24, 2.45) is 0 Å². The number of rotatable bonds is 7. The van der Waals surface area contributed by atoms with E-state index in [0.29, 0.717) is 21.5 Å². The number of nitrogens with one attached hydrogen (secondary N) is 1. The van der Waals surface area contributed by atoms with Crippen LogP contribution < -0.4 is 0 Å². The fourth-order valence-electron chi connectivity index (χ4n) is 5.86. The van der Waals surface area contributed by atoms with E-state index >= 15 is 0 Å². The fourth-order valence-corrected chi connectivity index (χ4v) is 6.11. The summed E-state index contributed by atoms with van der Waals surface area (Å²) < 4.78 is 0. The maximum atomic E-state index is 11.3. The van der Waals surface area contributed by atoms with Gasteiger partial charge in [0.25, 0.3) is 0 Å². The molecule has 5 aromatic rings. The molecule has 1 aliphatic heterocycles. The highest BCUT2D eigenvalue weighted by Crippen LogP contribution is 2.37. The zero-order valence-electron chi connectivity index (χ0n) is 21.9. The van der Waals surface area contributed by atoms with Gasteiger partial charge in [-0.3, -0.25) is 10.00 Å². The molecule has 202 valence electrons. The number of piperidine rings is 1. The van der Waals surface area contributed by atoms with Gasteiger partial charge < -0.3 is 5.11 Å². The molecule has 2 heterocycles. The van der Waals surface area contributed by atoms with E-state index in [2.05, 4.69) is 52.5 Å². The van der Waals surface area contributed by atoms with Gasteiger partial charge in [-0.1, -0.05) is 65.7 Å². The Morgan fingerprint density at radius 1 is 0.875 bits per heavy atom. The highest BCUT2D eigenvalue weighted by Gasteiger charge is 2.25. The van der Waals surface area contributed by atoms with Crippen LogP contribution in [0.15, 0.2) is 91.0 Å². The van der Waals surface area contributed by atoms with Gasteiger partial charge >= 0.3 is 5.97 Å². The minimum atomic E-state index is -0.889. The van der Waals surface area contributed by atoms with Crippen molar-refractivity contribution < 1.29 is 9.90 Å². The second kappa shape index (κ2) is 11.5. The lowest BCUT2D eigenvalue weighted by atomic mass is 9.84. The monoisotopic (exact) mass is 569 g/mol. The van der Waals surface area contributed by atoms with Crippen LogP contribution in [0.3, 0.4) is 0 Å². The first kappa shape index (κ1) is 26.6. The summed E-state index contributed by atoms with van der Waals surface area (Å²) in [6.45, 7) is 2.63. The van der Waals surface area contributed by atoms with Crippen molar-refractivity contribution in [1.82, 2.24) is 15.1 Å². The number of hydrogen-bond acceptors (Lipinski definition) is 3. The molecule has 0 saturated carbocycles. The molecule has 1 aromatic heterocycles. The van der Waals surface area contributed by atoms with Crippen LogP contribution in [0.25, 0.3) is 10.9 Å². The first-order valence-electron chi connectivity index (χ1n) is 13.5. The molecule has 1 saturated heterocycles. The molecule has 0 aliphatic carbocycles. The molecule has 0 bridgehead atoms. The lowest BCUT2D eigenvalue weighted by Gasteiger charge is -2.31. The number of carbonyl (C=O) groups is 1. The first-order valence-corrected chi connectivity index (χ1v) is 14.2.